The van der Waals surface area contributed by atoms with Crippen molar-refractivity contribution in [2.24, 2.45) is 0 Å². The normalized spacial score (nSPS) is 10.4. The topological polar surface area (TPSA) is 86.0 Å². The maximum absolute atomic E-state index is 11.7. The van der Waals surface area contributed by atoms with Gasteiger partial charge in [0, 0.05) is 49.2 Å². The Balaban J connectivity index is 2.63. The average molecular weight is 232 g/mol. The van der Waals surface area contributed by atoms with Gasteiger partial charge in [0.15, 0.2) is 10.9 Å². The summed E-state index contributed by atoms with van der Waals surface area (Å²) >= 11 is 0. The van der Waals surface area contributed by atoms with Gasteiger partial charge in [-0.05, 0) is 0 Å². The molecule has 5 heteroatoms. The van der Waals surface area contributed by atoms with Crippen LogP contribution in [0.2, 0.25) is 0 Å². The van der Waals surface area contributed by atoms with E-state index >= 15 is 0 Å². The summed E-state index contributed by atoms with van der Waals surface area (Å²) in [4.78, 5) is 28.7. The summed E-state index contributed by atoms with van der Waals surface area (Å²) in [5.74, 6) is 0. The molecule has 0 saturated heterocycles. The first-order valence-electron chi connectivity index (χ1n) is 5.23. The highest BCUT2D eigenvalue weighted by Crippen LogP contribution is 2.14. The molecule has 2 aromatic rings. The number of nitrogens with one attached hydrogen (secondary N) is 2. The maximum Gasteiger partial charge on any atom is 0.185 e. The van der Waals surface area contributed by atoms with E-state index in [0.29, 0.717) is 17.0 Å². The Labute approximate surface area is 96.8 Å². The lowest BCUT2D eigenvalue weighted by Gasteiger charge is -2.07. The van der Waals surface area contributed by atoms with Crippen LogP contribution >= 0.6 is 0 Å². The smallest absolute Gasteiger partial charge is 0.185 e. The fraction of sp³-hybridized carbons (Fsp3) is 0.167. The molecule has 2 heterocycles. The zero-order valence-corrected chi connectivity index (χ0v) is 9.06. The monoisotopic (exact) mass is 232 g/mol. The third-order valence-corrected chi connectivity index (χ3v) is 2.47. The molecule has 0 atom stereocenters. The molecule has 2 rings (SSSR count). The second kappa shape index (κ2) is 4.80. The van der Waals surface area contributed by atoms with E-state index in [0.717, 1.165) is 0 Å². The van der Waals surface area contributed by atoms with Gasteiger partial charge in [-0.2, -0.15) is 0 Å². The molecule has 0 bridgehead atoms. The first-order valence-corrected chi connectivity index (χ1v) is 5.23. The Morgan fingerprint density at radius 2 is 1.88 bits per heavy atom. The molecule has 2 aromatic heterocycles. The molecule has 0 fully saturated rings. The lowest BCUT2D eigenvalue weighted by atomic mass is 10.1. The van der Waals surface area contributed by atoms with Gasteiger partial charge in [-0.1, -0.05) is 0 Å². The highest BCUT2D eigenvalue weighted by molar-refractivity contribution is 5.58. The molecule has 0 unspecified atom stereocenters. The molecule has 17 heavy (non-hydrogen) atoms. The van der Waals surface area contributed by atoms with Crippen LogP contribution in [0, 0.1) is 0 Å². The molecule has 88 valence electrons. The Morgan fingerprint density at radius 3 is 2.59 bits per heavy atom. The van der Waals surface area contributed by atoms with E-state index in [-0.39, 0.29) is 23.9 Å². The number of hydrogen-bond donors (Lipinski definition) is 3. The Bertz CT molecular complexity index is 628. The van der Waals surface area contributed by atoms with Crippen LogP contribution in [0.4, 0.5) is 0 Å². The van der Waals surface area contributed by atoms with Gasteiger partial charge in [0.05, 0.1) is 11.4 Å². The fourth-order valence-electron chi connectivity index (χ4n) is 1.70. The highest BCUT2D eigenvalue weighted by atomic mass is 16.3. The predicted molar refractivity (Wildman–Crippen MR) is 63.9 cm³/mol. The van der Waals surface area contributed by atoms with Crippen LogP contribution in [0.1, 0.15) is 5.56 Å². The number of pyridine rings is 2. The average Bonchev–Trinajstić information content (AvgIpc) is 2.32. The van der Waals surface area contributed by atoms with Crippen molar-refractivity contribution in [1.29, 1.82) is 0 Å². The van der Waals surface area contributed by atoms with Crippen molar-refractivity contribution in [3.05, 3.63) is 56.6 Å². The molecule has 0 aliphatic heterocycles. The second-order valence-corrected chi connectivity index (χ2v) is 3.61. The summed E-state index contributed by atoms with van der Waals surface area (Å²) in [7, 11) is 0. The summed E-state index contributed by atoms with van der Waals surface area (Å²) in [6.45, 7) is -0.114. The Hall–Kier alpha value is -2.14. The molecular weight excluding hydrogens is 220 g/mol. The first kappa shape index (κ1) is 11.3. The van der Waals surface area contributed by atoms with Crippen molar-refractivity contribution >= 4 is 0 Å². The minimum Gasteiger partial charge on any atom is -0.396 e. The fourth-order valence-corrected chi connectivity index (χ4v) is 1.70. The lowest BCUT2D eigenvalue weighted by Crippen LogP contribution is -2.13. The lowest BCUT2D eigenvalue weighted by molar-refractivity contribution is 0.299. The van der Waals surface area contributed by atoms with Crippen molar-refractivity contribution in [3.8, 4) is 11.4 Å². The summed E-state index contributed by atoms with van der Waals surface area (Å²) < 4.78 is 0. The molecule has 0 spiro atoms. The molecular formula is C12H12N2O3. The van der Waals surface area contributed by atoms with E-state index in [4.69, 9.17) is 5.11 Å². The number of rotatable bonds is 3. The van der Waals surface area contributed by atoms with E-state index in [1.807, 2.05) is 0 Å². The van der Waals surface area contributed by atoms with Crippen LogP contribution in [-0.4, -0.2) is 21.7 Å². The first-order chi connectivity index (χ1) is 8.22. The Morgan fingerprint density at radius 1 is 1.12 bits per heavy atom. The van der Waals surface area contributed by atoms with Crippen LogP contribution in [0.25, 0.3) is 11.4 Å². The van der Waals surface area contributed by atoms with Gasteiger partial charge in [-0.3, -0.25) is 9.59 Å². The minimum absolute atomic E-state index is 0.114. The Kier molecular flexibility index (Phi) is 3.20. The van der Waals surface area contributed by atoms with Gasteiger partial charge in [0.25, 0.3) is 0 Å². The second-order valence-electron chi connectivity index (χ2n) is 3.61. The van der Waals surface area contributed by atoms with E-state index in [1.54, 1.807) is 0 Å². The van der Waals surface area contributed by atoms with E-state index in [2.05, 4.69) is 9.97 Å². The minimum atomic E-state index is -0.155. The molecule has 3 N–H and O–H groups in total. The maximum atomic E-state index is 11.7. The number of aromatic nitrogens is 2. The van der Waals surface area contributed by atoms with Crippen molar-refractivity contribution in [2.75, 3.05) is 6.61 Å². The third-order valence-electron chi connectivity index (χ3n) is 2.47. The van der Waals surface area contributed by atoms with Crippen molar-refractivity contribution < 1.29 is 5.11 Å². The van der Waals surface area contributed by atoms with Gasteiger partial charge in [0.1, 0.15) is 0 Å². The van der Waals surface area contributed by atoms with Crippen LogP contribution in [-0.2, 0) is 6.42 Å². The summed E-state index contributed by atoms with van der Waals surface area (Å²) in [5, 5.41) is 8.95. The molecule has 0 saturated carbocycles. The largest absolute Gasteiger partial charge is 0.396 e. The number of aliphatic hydroxyl groups is 1. The van der Waals surface area contributed by atoms with Crippen molar-refractivity contribution in [2.45, 2.75) is 6.42 Å². The zero-order valence-electron chi connectivity index (χ0n) is 9.06. The molecule has 0 aromatic carbocycles. The van der Waals surface area contributed by atoms with E-state index in [1.165, 1.54) is 30.6 Å². The van der Waals surface area contributed by atoms with Crippen LogP contribution in [0.3, 0.4) is 0 Å². The predicted octanol–water partition coefficient (Wildman–Crippen LogP) is 0.265. The van der Waals surface area contributed by atoms with Gasteiger partial charge >= 0.3 is 0 Å². The van der Waals surface area contributed by atoms with E-state index < -0.39 is 0 Å². The molecule has 0 amide bonds. The third kappa shape index (κ3) is 2.34. The molecule has 0 radical (unpaired) electrons. The van der Waals surface area contributed by atoms with Crippen LogP contribution in [0.15, 0.2) is 40.2 Å². The van der Waals surface area contributed by atoms with Gasteiger partial charge in [0.2, 0.25) is 0 Å². The number of H-pyrrole nitrogens is 2. The van der Waals surface area contributed by atoms with Crippen LogP contribution in [0.5, 0.6) is 0 Å². The summed E-state index contributed by atoms with van der Waals surface area (Å²) in [5.41, 5.74) is 1.26. The van der Waals surface area contributed by atoms with Crippen molar-refractivity contribution in [3.63, 3.8) is 0 Å². The number of aliphatic hydroxyl groups excluding tert-OH is 1. The number of hydrogen-bond acceptors (Lipinski definition) is 3. The van der Waals surface area contributed by atoms with Gasteiger partial charge in [-0.15, -0.1) is 0 Å². The summed E-state index contributed by atoms with van der Waals surface area (Å²) in [6, 6.07) is 4.21. The number of aromatic amines is 2. The van der Waals surface area contributed by atoms with Gasteiger partial charge < -0.3 is 15.1 Å². The standard InChI is InChI=1S/C12H12N2O3/c15-6-3-9-11(17)2-5-14-12(9)10-7-8(16)1-4-13-10/h1-2,4-5,7,15H,3,6H2,(H,13,16)(H,14,17). The van der Waals surface area contributed by atoms with E-state index in [9.17, 15) is 9.59 Å². The van der Waals surface area contributed by atoms with Crippen LogP contribution < -0.4 is 10.9 Å². The molecule has 5 nitrogen and oxygen atoms in total. The molecule has 0 aliphatic carbocycles. The van der Waals surface area contributed by atoms with Gasteiger partial charge in [-0.25, -0.2) is 0 Å². The zero-order chi connectivity index (χ0) is 12.3. The quantitative estimate of drug-likeness (QED) is 0.709. The molecule has 0 aliphatic rings. The summed E-state index contributed by atoms with van der Waals surface area (Å²) in [6.07, 6.45) is 3.29. The SMILES string of the molecule is O=c1cc[nH]c(-c2[nH]ccc(=O)c2CCO)c1. The van der Waals surface area contributed by atoms with Crippen molar-refractivity contribution in [1.82, 2.24) is 9.97 Å². The highest BCUT2D eigenvalue weighted by Gasteiger charge is 2.09.